The van der Waals surface area contributed by atoms with Gasteiger partial charge in [0.05, 0.1) is 20.6 Å². The van der Waals surface area contributed by atoms with Gasteiger partial charge in [-0.2, -0.15) is 0 Å². The lowest BCUT2D eigenvalue weighted by atomic mass is 10.1. The summed E-state index contributed by atoms with van der Waals surface area (Å²) in [5.74, 6) is -0.872. The number of carbonyl (C=O) groups excluding carboxylic acids is 2. The third-order valence-electron chi connectivity index (χ3n) is 6.89. The van der Waals surface area contributed by atoms with Gasteiger partial charge in [0.25, 0.3) is 10.0 Å². The first-order chi connectivity index (χ1) is 19.5. The highest BCUT2D eigenvalue weighted by Gasteiger charge is 2.34. The quantitative estimate of drug-likeness (QED) is 0.265. The summed E-state index contributed by atoms with van der Waals surface area (Å²) in [6.07, 6.45) is 0.309. The first-order valence-electron chi connectivity index (χ1n) is 13.8. The number of anilines is 1. The van der Waals surface area contributed by atoms with Gasteiger partial charge in [0, 0.05) is 12.1 Å². The molecule has 0 aliphatic carbocycles. The van der Waals surface area contributed by atoms with Crippen LogP contribution >= 0.6 is 23.2 Å². The Hall–Kier alpha value is -3.07. The second kappa shape index (κ2) is 13.5. The Labute approximate surface area is 259 Å². The minimum absolute atomic E-state index is 0.0249. The zero-order chi connectivity index (χ0) is 31.4. The lowest BCUT2D eigenvalue weighted by molar-refractivity contribution is -0.141. The molecule has 0 aliphatic rings. The molecule has 10 heteroatoms. The van der Waals surface area contributed by atoms with Crippen LogP contribution in [0.3, 0.4) is 0 Å². The zero-order valence-corrected chi connectivity index (χ0v) is 27.5. The first kappa shape index (κ1) is 33.4. The molecule has 0 radical (unpaired) electrons. The fourth-order valence-corrected chi connectivity index (χ4v) is 6.18. The van der Waals surface area contributed by atoms with E-state index in [1.165, 1.54) is 17.0 Å². The fraction of sp³-hybridized carbons (Fsp3) is 0.375. The number of rotatable bonds is 10. The summed E-state index contributed by atoms with van der Waals surface area (Å²) in [7, 11) is -4.15. The monoisotopic (exact) mass is 631 g/mol. The summed E-state index contributed by atoms with van der Waals surface area (Å²) in [5.41, 5.74) is 3.25. The Morgan fingerprint density at radius 2 is 1.52 bits per heavy atom. The average Bonchev–Trinajstić information content (AvgIpc) is 2.90. The molecule has 0 unspecified atom stereocenters. The summed E-state index contributed by atoms with van der Waals surface area (Å²) in [5, 5.41) is 3.63. The Balaban J connectivity index is 2.11. The molecule has 0 saturated heterocycles. The number of hydrogen-bond acceptors (Lipinski definition) is 4. The Kier molecular flexibility index (Phi) is 10.7. The van der Waals surface area contributed by atoms with E-state index in [1.54, 1.807) is 42.5 Å². The van der Waals surface area contributed by atoms with Gasteiger partial charge in [-0.15, -0.1) is 0 Å². The SMILES string of the molecule is CC[C@@H](C(=O)NC(C)(C)C)N(Cc1ccc(Cl)c(Cl)c1)C(=O)CN(c1ccc(C)c(C)c1)S(=O)(=O)c1ccc(C)cc1. The number of nitrogens with zero attached hydrogens (tertiary/aromatic N) is 2. The highest BCUT2D eigenvalue weighted by Crippen LogP contribution is 2.28. The molecular weight excluding hydrogens is 593 g/mol. The highest BCUT2D eigenvalue weighted by molar-refractivity contribution is 7.92. The van der Waals surface area contributed by atoms with Gasteiger partial charge in [-0.3, -0.25) is 13.9 Å². The van der Waals surface area contributed by atoms with Crippen LogP contribution in [0.1, 0.15) is 56.4 Å². The van der Waals surface area contributed by atoms with E-state index < -0.39 is 34.1 Å². The van der Waals surface area contributed by atoms with E-state index in [4.69, 9.17) is 23.2 Å². The zero-order valence-electron chi connectivity index (χ0n) is 25.2. The van der Waals surface area contributed by atoms with E-state index in [1.807, 2.05) is 54.5 Å². The first-order valence-corrected chi connectivity index (χ1v) is 15.9. The predicted molar refractivity (Wildman–Crippen MR) is 171 cm³/mol. The molecule has 0 fully saturated rings. The van der Waals surface area contributed by atoms with Gasteiger partial charge >= 0.3 is 0 Å². The summed E-state index contributed by atoms with van der Waals surface area (Å²) in [6, 6.07) is 15.9. The molecule has 0 heterocycles. The van der Waals surface area contributed by atoms with Gasteiger partial charge in [0.2, 0.25) is 11.8 Å². The molecule has 0 saturated carbocycles. The van der Waals surface area contributed by atoms with Crippen molar-refractivity contribution in [3.05, 3.63) is 93.0 Å². The Morgan fingerprint density at radius 3 is 2.07 bits per heavy atom. The van der Waals surface area contributed by atoms with E-state index in [0.29, 0.717) is 27.7 Å². The van der Waals surface area contributed by atoms with Crippen LogP contribution < -0.4 is 9.62 Å². The molecule has 0 aliphatic heterocycles. The van der Waals surface area contributed by atoms with Crippen molar-refractivity contribution in [3.8, 4) is 0 Å². The number of aryl methyl sites for hydroxylation is 3. The van der Waals surface area contributed by atoms with Crippen molar-refractivity contribution in [2.24, 2.45) is 0 Å². The van der Waals surface area contributed by atoms with Crippen molar-refractivity contribution in [2.45, 2.75) is 77.9 Å². The topological polar surface area (TPSA) is 86.8 Å². The van der Waals surface area contributed by atoms with Crippen molar-refractivity contribution in [1.29, 1.82) is 0 Å². The summed E-state index contributed by atoms with van der Waals surface area (Å²) in [6.45, 7) is 12.6. The minimum Gasteiger partial charge on any atom is -0.350 e. The number of benzene rings is 3. The third-order valence-corrected chi connectivity index (χ3v) is 9.41. The summed E-state index contributed by atoms with van der Waals surface area (Å²) in [4.78, 5) is 29.1. The van der Waals surface area contributed by atoms with Crippen molar-refractivity contribution in [1.82, 2.24) is 10.2 Å². The highest BCUT2D eigenvalue weighted by atomic mass is 35.5. The average molecular weight is 633 g/mol. The summed E-state index contributed by atoms with van der Waals surface area (Å²) < 4.78 is 29.2. The molecule has 226 valence electrons. The second-order valence-electron chi connectivity index (χ2n) is 11.5. The van der Waals surface area contributed by atoms with Gasteiger partial charge in [-0.1, -0.05) is 60.0 Å². The van der Waals surface area contributed by atoms with Crippen LogP contribution in [0.25, 0.3) is 0 Å². The third kappa shape index (κ3) is 8.27. The van der Waals surface area contributed by atoms with Gasteiger partial charge in [-0.05, 0) is 101 Å². The van der Waals surface area contributed by atoms with Crippen LogP contribution in [0.5, 0.6) is 0 Å². The molecular formula is C32H39Cl2N3O4S. The van der Waals surface area contributed by atoms with Crippen LogP contribution in [0.15, 0.2) is 65.6 Å². The lowest BCUT2D eigenvalue weighted by Crippen LogP contribution is -2.55. The molecule has 1 atom stereocenters. The van der Waals surface area contributed by atoms with Gasteiger partial charge in [-0.25, -0.2) is 8.42 Å². The van der Waals surface area contributed by atoms with Crippen molar-refractivity contribution in [2.75, 3.05) is 10.8 Å². The molecule has 7 nitrogen and oxygen atoms in total. The Morgan fingerprint density at radius 1 is 0.881 bits per heavy atom. The molecule has 0 aromatic heterocycles. The van der Waals surface area contributed by atoms with E-state index >= 15 is 0 Å². The number of amides is 2. The van der Waals surface area contributed by atoms with Crippen LogP contribution in [0.4, 0.5) is 5.69 Å². The maximum absolute atomic E-state index is 14.2. The molecule has 3 aromatic rings. The van der Waals surface area contributed by atoms with E-state index in [9.17, 15) is 18.0 Å². The maximum Gasteiger partial charge on any atom is 0.264 e. The van der Waals surface area contributed by atoms with E-state index in [0.717, 1.165) is 21.0 Å². The maximum atomic E-state index is 14.2. The summed E-state index contributed by atoms with van der Waals surface area (Å²) >= 11 is 12.4. The molecule has 1 N–H and O–H groups in total. The standard InChI is InChI=1S/C32H39Cl2N3O4S/c1-8-29(31(39)35-32(5,6)7)36(19-24-12-16-27(33)28(34)18-24)30(38)20-37(25-13-11-22(3)23(4)17-25)42(40,41)26-14-9-21(2)10-15-26/h9-18,29H,8,19-20H2,1-7H3,(H,35,39)/t29-/m0/s1. The van der Waals surface area contributed by atoms with E-state index in [-0.39, 0.29) is 17.3 Å². The van der Waals surface area contributed by atoms with Gasteiger partial charge in [0.15, 0.2) is 0 Å². The predicted octanol–water partition coefficient (Wildman–Crippen LogP) is 6.84. The molecule has 2 amide bonds. The second-order valence-corrected chi connectivity index (χ2v) is 14.2. The molecule has 42 heavy (non-hydrogen) atoms. The number of halogens is 2. The fourth-order valence-electron chi connectivity index (χ4n) is 4.45. The molecule has 3 aromatic carbocycles. The molecule has 0 spiro atoms. The number of carbonyl (C=O) groups is 2. The van der Waals surface area contributed by atoms with Crippen LogP contribution in [0, 0.1) is 20.8 Å². The minimum atomic E-state index is -4.15. The number of hydrogen-bond donors (Lipinski definition) is 1. The van der Waals surface area contributed by atoms with Crippen LogP contribution in [-0.2, 0) is 26.2 Å². The Bertz CT molecular complexity index is 1550. The van der Waals surface area contributed by atoms with Gasteiger partial charge < -0.3 is 10.2 Å². The number of sulfonamides is 1. The normalized spacial score (nSPS) is 12.5. The number of nitrogens with one attached hydrogen (secondary N) is 1. The van der Waals surface area contributed by atoms with Crippen LogP contribution in [-0.4, -0.2) is 43.3 Å². The van der Waals surface area contributed by atoms with Crippen molar-refractivity contribution in [3.63, 3.8) is 0 Å². The largest absolute Gasteiger partial charge is 0.350 e. The van der Waals surface area contributed by atoms with Crippen LogP contribution in [0.2, 0.25) is 10.0 Å². The molecule has 3 rings (SSSR count). The van der Waals surface area contributed by atoms with E-state index in [2.05, 4.69) is 5.32 Å². The lowest BCUT2D eigenvalue weighted by Gasteiger charge is -2.35. The van der Waals surface area contributed by atoms with Gasteiger partial charge in [0.1, 0.15) is 12.6 Å². The molecule has 0 bridgehead atoms. The van der Waals surface area contributed by atoms with Crippen molar-refractivity contribution >= 4 is 50.7 Å². The smallest absolute Gasteiger partial charge is 0.264 e. The van der Waals surface area contributed by atoms with Crippen molar-refractivity contribution < 1.29 is 18.0 Å².